The highest BCUT2D eigenvalue weighted by Gasteiger charge is 2.24. The number of rotatable bonds is 8. The van der Waals surface area contributed by atoms with Gasteiger partial charge in [0.15, 0.2) is 0 Å². The molecule has 1 atom stereocenters. The lowest BCUT2D eigenvalue weighted by atomic mass is 10.0. The lowest BCUT2D eigenvalue weighted by Gasteiger charge is -2.20. The van der Waals surface area contributed by atoms with E-state index in [0.717, 1.165) is 0 Å². The van der Waals surface area contributed by atoms with Crippen molar-refractivity contribution in [1.29, 1.82) is 0 Å². The fourth-order valence-electron chi connectivity index (χ4n) is 2.52. The van der Waals surface area contributed by atoms with Crippen molar-refractivity contribution in [2.75, 3.05) is 14.2 Å². The average molecular weight is 401 g/mol. The summed E-state index contributed by atoms with van der Waals surface area (Å²) in [6.45, 7) is 3.59. The quantitative estimate of drug-likeness (QED) is 0.526. The summed E-state index contributed by atoms with van der Waals surface area (Å²) < 4.78 is 23.4. The minimum absolute atomic E-state index is 0.190. The van der Waals surface area contributed by atoms with Crippen LogP contribution in [-0.4, -0.2) is 38.3 Å². The van der Waals surface area contributed by atoms with E-state index in [-0.39, 0.29) is 11.5 Å². The number of carbonyl (C=O) groups excluding carboxylic acids is 2. The SMILES string of the molecule is COc1ccc(C=NNC(=O)C(NC(=O)c2ccc(F)cc2)C(C)C)c(OC)c1. The first kappa shape index (κ1) is 21.9. The number of benzene rings is 2. The fourth-order valence-corrected chi connectivity index (χ4v) is 2.52. The number of ether oxygens (including phenoxy) is 2. The van der Waals surface area contributed by atoms with Gasteiger partial charge in [-0.2, -0.15) is 5.10 Å². The number of hydrogen-bond donors (Lipinski definition) is 2. The zero-order chi connectivity index (χ0) is 21.4. The van der Waals surface area contributed by atoms with Gasteiger partial charge in [0.05, 0.1) is 20.4 Å². The molecule has 0 aliphatic rings. The Kier molecular flexibility index (Phi) is 7.70. The van der Waals surface area contributed by atoms with Crippen LogP contribution in [-0.2, 0) is 4.79 Å². The maximum atomic E-state index is 13.0. The second-order valence-corrected chi connectivity index (χ2v) is 6.54. The molecule has 2 aromatic carbocycles. The summed E-state index contributed by atoms with van der Waals surface area (Å²) in [4.78, 5) is 24.8. The van der Waals surface area contributed by atoms with Crippen molar-refractivity contribution in [2.24, 2.45) is 11.0 Å². The van der Waals surface area contributed by atoms with Crippen molar-refractivity contribution in [3.63, 3.8) is 0 Å². The Bertz CT molecular complexity index is 882. The van der Waals surface area contributed by atoms with Crippen LogP contribution in [0.4, 0.5) is 4.39 Å². The van der Waals surface area contributed by atoms with Gasteiger partial charge in [0, 0.05) is 17.2 Å². The fraction of sp³-hybridized carbons (Fsp3) is 0.286. The van der Waals surface area contributed by atoms with Gasteiger partial charge in [-0.15, -0.1) is 0 Å². The maximum absolute atomic E-state index is 13.0. The number of hydrazone groups is 1. The van der Waals surface area contributed by atoms with E-state index in [9.17, 15) is 14.0 Å². The molecular weight excluding hydrogens is 377 g/mol. The van der Waals surface area contributed by atoms with E-state index >= 15 is 0 Å². The summed E-state index contributed by atoms with van der Waals surface area (Å²) in [5.74, 6) is -0.411. The summed E-state index contributed by atoms with van der Waals surface area (Å²) in [5, 5.41) is 6.60. The number of methoxy groups -OCH3 is 2. The van der Waals surface area contributed by atoms with Crippen LogP contribution >= 0.6 is 0 Å². The van der Waals surface area contributed by atoms with E-state index < -0.39 is 23.7 Å². The summed E-state index contributed by atoms with van der Waals surface area (Å²) in [7, 11) is 3.07. The number of halogens is 1. The highest BCUT2D eigenvalue weighted by Crippen LogP contribution is 2.23. The van der Waals surface area contributed by atoms with Crippen molar-refractivity contribution in [3.05, 3.63) is 59.4 Å². The van der Waals surface area contributed by atoms with Crippen molar-refractivity contribution in [1.82, 2.24) is 10.7 Å². The molecular formula is C21H24FN3O4. The van der Waals surface area contributed by atoms with Gasteiger partial charge in [0.25, 0.3) is 11.8 Å². The first-order valence-electron chi connectivity index (χ1n) is 8.97. The largest absolute Gasteiger partial charge is 0.497 e. The molecule has 2 amide bonds. The van der Waals surface area contributed by atoms with Crippen LogP contribution in [0.25, 0.3) is 0 Å². The van der Waals surface area contributed by atoms with Crippen molar-refractivity contribution >= 4 is 18.0 Å². The second kappa shape index (κ2) is 10.2. The Morgan fingerprint density at radius 3 is 2.34 bits per heavy atom. The van der Waals surface area contributed by atoms with Crippen LogP contribution in [0.5, 0.6) is 11.5 Å². The molecule has 0 saturated carbocycles. The summed E-state index contributed by atoms with van der Waals surface area (Å²) in [5.41, 5.74) is 3.33. The molecule has 8 heteroatoms. The molecule has 1 unspecified atom stereocenters. The van der Waals surface area contributed by atoms with Gasteiger partial charge < -0.3 is 14.8 Å². The molecule has 2 N–H and O–H groups in total. The third-order valence-corrected chi connectivity index (χ3v) is 4.16. The monoisotopic (exact) mass is 401 g/mol. The number of hydrogen-bond acceptors (Lipinski definition) is 5. The van der Waals surface area contributed by atoms with Crippen molar-refractivity contribution in [3.8, 4) is 11.5 Å². The minimum atomic E-state index is -0.817. The van der Waals surface area contributed by atoms with Gasteiger partial charge in [-0.05, 0) is 42.3 Å². The first-order chi connectivity index (χ1) is 13.8. The molecule has 0 aromatic heterocycles. The van der Waals surface area contributed by atoms with Crippen LogP contribution in [0.2, 0.25) is 0 Å². The molecule has 0 saturated heterocycles. The third kappa shape index (κ3) is 6.03. The molecule has 0 spiro atoms. The van der Waals surface area contributed by atoms with E-state index in [2.05, 4.69) is 15.8 Å². The van der Waals surface area contributed by atoms with Crippen LogP contribution < -0.4 is 20.2 Å². The summed E-state index contributed by atoms with van der Waals surface area (Å²) in [6, 6.07) is 9.44. The molecule has 0 radical (unpaired) electrons. The smallest absolute Gasteiger partial charge is 0.262 e. The topological polar surface area (TPSA) is 89.0 Å². The van der Waals surface area contributed by atoms with Gasteiger partial charge in [0.2, 0.25) is 0 Å². The first-order valence-corrected chi connectivity index (χ1v) is 8.97. The van der Waals surface area contributed by atoms with Gasteiger partial charge in [0.1, 0.15) is 23.4 Å². The minimum Gasteiger partial charge on any atom is -0.497 e. The number of amides is 2. The average Bonchev–Trinajstić information content (AvgIpc) is 2.72. The molecule has 154 valence electrons. The Hall–Kier alpha value is -3.42. The molecule has 0 fully saturated rings. The molecule has 2 aromatic rings. The Labute approximate surface area is 168 Å². The van der Waals surface area contributed by atoms with Gasteiger partial charge in [-0.1, -0.05) is 13.8 Å². The molecule has 29 heavy (non-hydrogen) atoms. The van der Waals surface area contributed by atoms with E-state index in [4.69, 9.17) is 9.47 Å². The van der Waals surface area contributed by atoms with Gasteiger partial charge in [-0.3, -0.25) is 9.59 Å². The summed E-state index contributed by atoms with van der Waals surface area (Å²) >= 11 is 0. The second-order valence-electron chi connectivity index (χ2n) is 6.54. The van der Waals surface area contributed by atoms with E-state index in [1.807, 2.05) is 0 Å². The maximum Gasteiger partial charge on any atom is 0.262 e. The van der Waals surface area contributed by atoms with E-state index in [1.54, 1.807) is 39.2 Å². The van der Waals surface area contributed by atoms with Gasteiger partial charge in [-0.25, -0.2) is 9.82 Å². The van der Waals surface area contributed by atoms with Crippen molar-refractivity contribution < 1.29 is 23.5 Å². The zero-order valence-electron chi connectivity index (χ0n) is 16.7. The zero-order valence-corrected chi connectivity index (χ0v) is 16.7. The third-order valence-electron chi connectivity index (χ3n) is 4.16. The summed E-state index contributed by atoms with van der Waals surface area (Å²) in [6.07, 6.45) is 1.44. The highest BCUT2D eigenvalue weighted by molar-refractivity contribution is 5.97. The van der Waals surface area contributed by atoms with Crippen LogP contribution in [0, 0.1) is 11.7 Å². The van der Waals surface area contributed by atoms with Crippen LogP contribution in [0.15, 0.2) is 47.6 Å². The lowest BCUT2D eigenvalue weighted by Crippen LogP contribution is -2.48. The Balaban J connectivity index is 2.05. The molecule has 0 aliphatic heterocycles. The van der Waals surface area contributed by atoms with Crippen LogP contribution in [0.3, 0.4) is 0 Å². The van der Waals surface area contributed by atoms with Crippen LogP contribution in [0.1, 0.15) is 29.8 Å². The highest BCUT2D eigenvalue weighted by atomic mass is 19.1. The Morgan fingerprint density at radius 2 is 1.76 bits per heavy atom. The Morgan fingerprint density at radius 1 is 1.07 bits per heavy atom. The van der Waals surface area contributed by atoms with E-state index in [0.29, 0.717) is 17.1 Å². The molecule has 0 aliphatic carbocycles. The molecule has 0 heterocycles. The van der Waals surface area contributed by atoms with E-state index in [1.165, 1.54) is 37.6 Å². The number of nitrogens with one attached hydrogen (secondary N) is 2. The predicted molar refractivity (Wildman–Crippen MR) is 108 cm³/mol. The predicted octanol–water partition coefficient (Wildman–Crippen LogP) is 2.75. The molecule has 0 bridgehead atoms. The number of nitrogens with zero attached hydrogens (tertiary/aromatic N) is 1. The normalized spacial score (nSPS) is 11.9. The standard InChI is InChI=1S/C21H24FN3O4/c1-13(2)19(24-20(26)14-5-8-16(22)9-6-14)21(27)25-23-12-15-7-10-17(28-3)11-18(15)29-4/h5-13,19H,1-4H3,(H,24,26)(H,25,27). The lowest BCUT2D eigenvalue weighted by molar-refractivity contribution is -0.123. The van der Waals surface area contributed by atoms with Crippen molar-refractivity contribution in [2.45, 2.75) is 19.9 Å². The number of carbonyl (C=O) groups is 2. The molecule has 2 rings (SSSR count). The molecule has 7 nitrogen and oxygen atoms in total. The van der Waals surface area contributed by atoms with Gasteiger partial charge >= 0.3 is 0 Å².